The van der Waals surface area contributed by atoms with Gasteiger partial charge in [-0.15, -0.1) is 0 Å². The highest BCUT2D eigenvalue weighted by Crippen LogP contribution is 2.00. The summed E-state index contributed by atoms with van der Waals surface area (Å²) in [6.45, 7) is 4.08. The first-order valence-electron chi connectivity index (χ1n) is 7.23. The Labute approximate surface area is 125 Å². The van der Waals surface area contributed by atoms with Gasteiger partial charge in [0.25, 0.3) is 0 Å². The molecule has 0 saturated heterocycles. The molecule has 1 unspecified atom stereocenters. The summed E-state index contributed by atoms with van der Waals surface area (Å²) in [5, 5.41) is 11.5. The normalized spacial score (nSPS) is 11.8. The number of hydrogen-bond acceptors (Lipinski definition) is 7. The second-order valence-electron chi connectivity index (χ2n) is 4.38. The number of aliphatic hydroxyl groups is 1. The molecule has 0 heterocycles. The van der Waals surface area contributed by atoms with Crippen LogP contribution in [0.15, 0.2) is 0 Å². The van der Waals surface area contributed by atoms with Gasteiger partial charge in [-0.1, -0.05) is 0 Å². The van der Waals surface area contributed by atoms with Crippen molar-refractivity contribution in [2.24, 2.45) is 0 Å². The van der Waals surface area contributed by atoms with Crippen LogP contribution in [0.5, 0.6) is 0 Å². The highest BCUT2D eigenvalue weighted by Gasteiger charge is 2.23. The maximum Gasteiger partial charge on any atom is 0.323 e. The van der Waals surface area contributed by atoms with Crippen LogP contribution >= 0.6 is 0 Å². The molecule has 0 aromatic rings. The lowest BCUT2D eigenvalue weighted by atomic mass is 10.1. The summed E-state index contributed by atoms with van der Waals surface area (Å²) in [6, 6.07) is -0.811. The number of nitrogens with one attached hydrogen (secondary N) is 1. The standard InChI is InChI=1S/C14H25NO6/c1-3-20-13(18)10-12(14(19)21-4-2)15-8-7-11(17)6-5-9-16/h12,15-16H,3-10H2,1-2H3. The van der Waals surface area contributed by atoms with Crippen molar-refractivity contribution in [2.45, 2.75) is 45.6 Å². The molecule has 0 aliphatic heterocycles. The number of aliphatic hydroxyl groups excluding tert-OH is 1. The summed E-state index contributed by atoms with van der Waals surface area (Å²) >= 11 is 0. The van der Waals surface area contributed by atoms with Crippen molar-refractivity contribution in [3.63, 3.8) is 0 Å². The van der Waals surface area contributed by atoms with Crippen LogP contribution in [0.2, 0.25) is 0 Å². The first kappa shape index (κ1) is 19.5. The van der Waals surface area contributed by atoms with Gasteiger partial charge >= 0.3 is 11.9 Å². The van der Waals surface area contributed by atoms with Gasteiger partial charge in [0.2, 0.25) is 0 Å². The maximum absolute atomic E-state index is 11.7. The number of carbonyl (C=O) groups is 3. The number of carbonyl (C=O) groups excluding carboxylic acids is 3. The number of rotatable bonds is 12. The summed E-state index contributed by atoms with van der Waals surface area (Å²) in [6.07, 6.45) is 0.847. The van der Waals surface area contributed by atoms with Crippen molar-refractivity contribution in [3.05, 3.63) is 0 Å². The van der Waals surface area contributed by atoms with Crippen molar-refractivity contribution in [1.29, 1.82) is 0 Å². The van der Waals surface area contributed by atoms with E-state index in [1.165, 1.54) is 0 Å². The zero-order chi connectivity index (χ0) is 16.1. The third kappa shape index (κ3) is 9.97. The van der Waals surface area contributed by atoms with Crippen LogP contribution in [0.4, 0.5) is 0 Å². The zero-order valence-electron chi connectivity index (χ0n) is 12.7. The fourth-order valence-corrected chi connectivity index (χ4v) is 1.66. The summed E-state index contributed by atoms with van der Waals surface area (Å²) in [7, 11) is 0. The first-order valence-corrected chi connectivity index (χ1v) is 7.23. The van der Waals surface area contributed by atoms with Gasteiger partial charge in [-0.2, -0.15) is 0 Å². The quantitative estimate of drug-likeness (QED) is 0.496. The van der Waals surface area contributed by atoms with E-state index in [0.717, 1.165) is 0 Å². The second kappa shape index (κ2) is 12.3. The Kier molecular flexibility index (Phi) is 11.4. The first-order chi connectivity index (χ1) is 10.0. The molecule has 2 N–H and O–H groups in total. The minimum Gasteiger partial charge on any atom is -0.466 e. The van der Waals surface area contributed by atoms with Crippen molar-refractivity contribution >= 4 is 17.7 Å². The van der Waals surface area contributed by atoms with Gasteiger partial charge in [-0.3, -0.25) is 14.4 Å². The topological polar surface area (TPSA) is 102 Å². The van der Waals surface area contributed by atoms with Crippen molar-refractivity contribution in [2.75, 3.05) is 26.4 Å². The van der Waals surface area contributed by atoms with Crippen LogP contribution in [-0.4, -0.2) is 55.2 Å². The summed E-state index contributed by atoms with van der Waals surface area (Å²) in [4.78, 5) is 34.6. The molecular formula is C14H25NO6. The Bertz CT molecular complexity index is 331. The van der Waals surface area contributed by atoms with Crippen molar-refractivity contribution < 1.29 is 29.0 Å². The Morgan fingerprint density at radius 3 is 2.33 bits per heavy atom. The lowest BCUT2D eigenvalue weighted by Crippen LogP contribution is -2.41. The molecule has 0 radical (unpaired) electrons. The van der Waals surface area contributed by atoms with E-state index in [1.54, 1.807) is 13.8 Å². The van der Waals surface area contributed by atoms with Gasteiger partial charge in [0.05, 0.1) is 19.6 Å². The largest absolute Gasteiger partial charge is 0.466 e. The molecule has 0 fully saturated rings. The van der Waals surface area contributed by atoms with Crippen LogP contribution in [-0.2, 0) is 23.9 Å². The molecule has 0 spiro atoms. The highest BCUT2D eigenvalue weighted by atomic mass is 16.5. The third-order valence-corrected chi connectivity index (χ3v) is 2.66. The van der Waals surface area contributed by atoms with Gasteiger partial charge in [0, 0.05) is 26.0 Å². The lowest BCUT2D eigenvalue weighted by Gasteiger charge is -2.16. The minimum atomic E-state index is -0.811. The van der Waals surface area contributed by atoms with Crippen LogP contribution < -0.4 is 5.32 Å². The molecule has 0 rings (SSSR count). The summed E-state index contributed by atoms with van der Waals surface area (Å²) in [5.41, 5.74) is 0. The molecule has 0 bridgehead atoms. The molecule has 0 saturated carbocycles. The lowest BCUT2D eigenvalue weighted by molar-refractivity contribution is -0.152. The van der Waals surface area contributed by atoms with E-state index in [4.69, 9.17) is 14.6 Å². The molecule has 0 amide bonds. The van der Waals surface area contributed by atoms with Crippen LogP contribution in [0.25, 0.3) is 0 Å². The average Bonchev–Trinajstić information content (AvgIpc) is 2.44. The van der Waals surface area contributed by atoms with Gasteiger partial charge in [-0.25, -0.2) is 0 Å². The predicted molar refractivity (Wildman–Crippen MR) is 75.6 cm³/mol. The highest BCUT2D eigenvalue weighted by molar-refractivity contribution is 5.83. The van der Waals surface area contributed by atoms with Crippen molar-refractivity contribution in [3.8, 4) is 0 Å². The van der Waals surface area contributed by atoms with E-state index in [-0.39, 0.29) is 45.0 Å². The van der Waals surface area contributed by atoms with E-state index in [2.05, 4.69) is 5.32 Å². The van der Waals surface area contributed by atoms with E-state index in [0.29, 0.717) is 12.8 Å². The molecule has 7 heteroatoms. The molecular weight excluding hydrogens is 278 g/mol. The molecule has 0 aliphatic carbocycles. The molecule has 1 atom stereocenters. The number of hydrogen-bond donors (Lipinski definition) is 2. The Morgan fingerprint density at radius 1 is 1.10 bits per heavy atom. The molecule has 21 heavy (non-hydrogen) atoms. The smallest absolute Gasteiger partial charge is 0.323 e. The second-order valence-corrected chi connectivity index (χ2v) is 4.38. The maximum atomic E-state index is 11.7. The SMILES string of the molecule is CCOC(=O)CC(NCCC(=O)CCCO)C(=O)OCC. The molecule has 0 aliphatic rings. The van der Waals surface area contributed by atoms with Gasteiger partial charge in [-0.05, 0) is 20.3 Å². The molecule has 0 aromatic heterocycles. The Hall–Kier alpha value is -1.47. The monoisotopic (exact) mass is 303 g/mol. The third-order valence-electron chi connectivity index (χ3n) is 2.66. The number of ketones is 1. The van der Waals surface area contributed by atoms with E-state index >= 15 is 0 Å². The molecule has 122 valence electrons. The summed E-state index contributed by atoms with van der Waals surface area (Å²) < 4.78 is 9.68. The molecule has 7 nitrogen and oxygen atoms in total. The van der Waals surface area contributed by atoms with Gasteiger partial charge in [0.1, 0.15) is 11.8 Å². The Morgan fingerprint density at radius 2 is 1.76 bits per heavy atom. The van der Waals surface area contributed by atoms with E-state index in [1.807, 2.05) is 0 Å². The van der Waals surface area contributed by atoms with Crippen molar-refractivity contribution in [1.82, 2.24) is 5.32 Å². The number of esters is 2. The molecule has 0 aromatic carbocycles. The van der Waals surface area contributed by atoms with E-state index in [9.17, 15) is 14.4 Å². The Balaban J connectivity index is 4.24. The van der Waals surface area contributed by atoms with Crippen LogP contribution in [0.3, 0.4) is 0 Å². The predicted octanol–water partition coefficient (Wildman–Crippen LogP) is 0.193. The van der Waals surface area contributed by atoms with Gasteiger partial charge < -0.3 is 19.9 Å². The van der Waals surface area contributed by atoms with E-state index < -0.39 is 18.0 Å². The number of Topliss-reactive ketones (excluding diaryl/α,β-unsaturated/α-hetero) is 1. The van der Waals surface area contributed by atoms with Gasteiger partial charge in [0.15, 0.2) is 0 Å². The number of ether oxygens (including phenoxy) is 2. The fourth-order valence-electron chi connectivity index (χ4n) is 1.66. The minimum absolute atomic E-state index is 0.00436. The zero-order valence-corrected chi connectivity index (χ0v) is 12.7. The summed E-state index contributed by atoms with van der Waals surface area (Å²) in [5.74, 6) is -1.03. The average molecular weight is 303 g/mol. The fraction of sp³-hybridized carbons (Fsp3) is 0.786. The van der Waals surface area contributed by atoms with Crippen LogP contribution in [0, 0.1) is 0 Å². The van der Waals surface area contributed by atoms with Crippen LogP contribution in [0.1, 0.15) is 39.5 Å².